The molecule has 0 spiro atoms. The third kappa shape index (κ3) is 13.6. The standard InChI is InChI=1S/C35H52N2/c1-4-7-10-12-13-14-15-16-18-24-31-25-22-23-29-33(31)37-35(28-9-6-3)34(30-21-11-8-5-2)36-32-26-19-17-20-27-32/h15-17,19-20,22-23,25-27,29H,4-14,18,21,24,28,30H2,1-3H3. The number of unbranched alkanes of at least 4 members (excludes halogenated alkanes) is 9. The summed E-state index contributed by atoms with van der Waals surface area (Å²) in [6.45, 7) is 6.81. The van der Waals surface area contributed by atoms with Gasteiger partial charge in [0.05, 0.1) is 22.8 Å². The molecule has 0 bridgehead atoms. The highest BCUT2D eigenvalue weighted by atomic mass is 14.8. The average Bonchev–Trinajstić information content (AvgIpc) is 2.93. The van der Waals surface area contributed by atoms with Crippen LogP contribution < -0.4 is 0 Å². The molecule has 0 radical (unpaired) electrons. The molecule has 0 amide bonds. The minimum atomic E-state index is 0.988. The van der Waals surface area contributed by atoms with Crippen LogP contribution in [0.1, 0.15) is 123 Å². The molecule has 2 aromatic carbocycles. The number of hydrogen-bond acceptors (Lipinski definition) is 2. The Bertz CT molecular complexity index is 923. The summed E-state index contributed by atoms with van der Waals surface area (Å²) in [5, 5.41) is 0. The molecule has 0 unspecified atom stereocenters. The molecule has 2 aromatic rings. The van der Waals surface area contributed by atoms with Crippen LogP contribution in [0, 0.1) is 0 Å². The lowest BCUT2D eigenvalue weighted by molar-refractivity contribution is 0.637. The molecular formula is C35H52N2. The van der Waals surface area contributed by atoms with Crippen molar-refractivity contribution < 1.29 is 0 Å². The molecule has 0 fully saturated rings. The van der Waals surface area contributed by atoms with Gasteiger partial charge < -0.3 is 0 Å². The maximum atomic E-state index is 5.31. The molecule has 0 N–H and O–H groups in total. The van der Waals surface area contributed by atoms with Gasteiger partial charge in [0.15, 0.2) is 0 Å². The minimum Gasteiger partial charge on any atom is -0.252 e. The highest BCUT2D eigenvalue weighted by Crippen LogP contribution is 2.24. The SMILES string of the molecule is CCCCCCCC=CCCc1ccccc1N=C(CCCC)C(CCCCCC)=Nc1ccccc1. The van der Waals surface area contributed by atoms with Crippen molar-refractivity contribution in [1.29, 1.82) is 0 Å². The highest BCUT2D eigenvalue weighted by Gasteiger charge is 2.12. The first-order chi connectivity index (χ1) is 18.3. The van der Waals surface area contributed by atoms with E-state index in [1.807, 2.05) is 0 Å². The largest absolute Gasteiger partial charge is 0.252 e. The summed E-state index contributed by atoms with van der Waals surface area (Å²) in [5.74, 6) is 0. The van der Waals surface area contributed by atoms with Crippen LogP contribution >= 0.6 is 0 Å². The Hall–Kier alpha value is -2.48. The minimum absolute atomic E-state index is 0.988. The second-order valence-electron chi connectivity index (χ2n) is 10.2. The van der Waals surface area contributed by atoms with Gasteiger partial charge in [-0.05, 0) is 75.1 Å². The second-order valence-corrected chi connectivity index (χ2v) is 10.2. The maximum absolute atomic E-state index is 5.31. The van der Waals surface area contributed by atoms with Crippen LogP contribution in [0.15, 0.2) is 76.7 Å². The zero-order chi connectivity index (χ0) is 26.4. The van der Waals surface area contributed by atoms with Gasteiger partial charge in [0.25, 0.3) is 0 Å². The van der Waals surface area contributed by atoms with Crippen molar-refractivity contribution in [1.82, 2.24) is 0 Å². The van der Waals surface area contributed by atoms with E-state index in [1.165, 1.54) is 87.6 Å². The van der Waals surface area contributed by atoms with E-state index < -0.39 is 0 Å². The van der Waals surface area contributed by atoms with Gasteiger partial charge in [-0.15, -0.1) is 0 Å². The van der Waals surface area contributed by atoms with Crippen LogP contribution in [0.2, 0.25) is 0 Å². The molecule has 2 rings (SSSR count). The summed E-state index contributed by atoms with van der Waals surface area (Å²) in [4.78, 5) is 10.4. The van der Waals surface area contributed by atoms with Crippen molar-refractivity contribution in [3.8, 4) is 0 Å². The third-order valence-corrected chi connectivity index (χ3v) is 6.86. The molecule has 0 aliphatic carbocycles. The van der Waals surface area contributed by atoms with Gasteiger partial charge in [-0.25, -0.2) is 0 Å². The average molecular weight is 501 g/mol. The van der Waals surface area contributed by atoms with Crippen LogP contribution in [-0.2, 0) is 6.42 Å². The fraction of sp³-hybridized carbons (Fsp3) is 0.543. The molecule has 37 heavy (non-hydrogen) atoms. The maximum Gasteiger partial charge on any atom is 0.0665 e. The summed E-state index contributed by atoms with van der Waals surface area (Å²) in [6.07, 6.45) is 24.1. The number of para-hydroxylation sites is 2. The number of aryl methyl sites for hydroxylation is 1. The summed E-state index contributed by atoms with van der Waals surface area (Å²) < 4.78 is 0. The van der Waals surface area contributed by atoms with Crippen LogP contribution in [0.4, 0.5) is 11.4 Å². The Morgan fingerprint density at radius 2 is 1.16 bits per heavy atom. The Labute approximate surface area is 228 Å². The van der Waals surface area contributed by atoms with Gasteiger partial charge >= 0.3 is 0 Å². The van der Waals surface area contributed by atoms with Gasteiger partial charge in [-0.1, -0.05) is 121 Å². The summed E-state index contributed by atoms with van der Waals surface area (Å²) in [6, 6.07) is 19.1. The predicted molar refractivity (Wildman–Crippen MR) is 166 cm³/mol. The molecule has 2 nitrogen and oxygen atoms in total. The van der Waals surface area contributed by atoms with Crippen LogP contribution in [-0.4, -0.2) is 11.4 Å². The highest BCUT2D eigenvalue weighted by molar-refractivity contribution is 6.43. The van der Waals surface area contributed by atoms with E-state index >= 15 is 0 Å². The van der Waals surface area contributed by atoms with Crippen LogP contribution in [0.3, 0.4) is 0 Å². The molecule has 0 aliphatic rings. The predicted octanol–water partition coefficient (Wildman–Crippen LogP) is 11.5. The fourth-order valence-electron chi connectivity index (χ4n) is 4.57. The fourth-order valence-corrected chi connectivity index (χ4v) is 4.57. The number of benzene rings is 2. The summed E-state index contributed by atoms with van der Waals surface area (Å²) in [5.41, 5.74) is 5.85. The second kappa shape index (κ2) is 20.6. The van der Waals surface area contributed by atoms with Gasteiger partial charge in [0.1, 0.15) is 0 Å². The van der Waals surface area contributed by atoms with E-state index in [0.717, 1.165) is 43.5 Å². The van der Waals surface area contributed by atoms with E-state index in [1.54, 1.807) is 0 Å². The van der Waals surface area contributed by atoms with E-state index in [4.69, 9.17) is 9.98 Å². The van der Waals surface area contributed by atoms with E-state index in [-0.39, 0.29) is 0 Å². The number of rotatable bonds is 20. The Balaban J connectivity index is 2.17. The zero-order valence-electron chi connectivity index (χ0n) is 24.1. The van der Waals surface area contributed by atoms with E-state index in [9.17, 15) is 0 Å². The third-order valence-electron chi connectivity index (χ3n) is 6.86. The molecular weight excluding hydrogens is 448 g/mol. The first-order valence-corrected chi connectivity index (χ1v) is 15.2. The van der Waals surface area contributed by atoms with Crippen molar-refractivity contribution in [3.05, 3.63) is 72.3 Å². The summed E-state index contributed by atoms with van der Waals surface area (Å²) >= 11 is 0. The Morgan fingerprint density at radius 3 is 1.92 bits per heavy atom. The lowest BCUT2D eigenvalue weighted by Crippen LogP contribution is -2.14. The van der Waals surface area contributed by atoms with Crippen molar-refractivity contribution in [2.45, 2.75) is 124 Å². The number of aliphatic imine (C=N–C) groups is 2. The molecule has 2 heteroatoms. The number of hydrogen-bond donors (Lipinski definition) is 0. The zero-order valence-corrected chi connectivity index (χ0v) is 24.1. The topological polar surface area (TPSA) is 24.7 Å². The molecule has 202 valence electrons. The van der Waals surface area contributed by atoms with Crippen molar-refractivity contribution in [2.75, 3.05) is 0 Å². The number of allylic oxidation sites excluding steroid dienone is 2. The monoisotopic (exact) mass is 500 g/mol. The van der Waals surface area contributed by atoms with Crippen LogP contribution in [0.25, 0.3) is 0 Å². The quantitative estimate of drug-likeness (QED) is 0.0981. The Morgan fingerprint density at radius 1 is 0.568 bits per heavy atom. The molecule has 0 aromatic heterocycles. The van der Waals surface area contributed by atoms with Gasteiger partial charge in [-0.3, -0.25) is 9.98 Å². The van der Waals surface area contributed by atoms with E-state index in [2.05, 4.69) is 87.5 Å². The van der Waals surface area contributed by atoms with E-state index in [0.29, 0.717) is 0 Å². The normalized spacial score (nSPS) is 12.5. The lowest BCUT2D eigenvalue weighted by Gasteiger charge is -2.13. The van der Waals surface area contributed by atoms with Crippen molar-refractivity contribution >= 4 is 22.8 Å². The summed E-state index contributed by atoms with van der Waals surface area (Å²) in [7, 11) is 0. The first-order valence-electron chi connectivity index (χ1n) is 15.2. The molecule has 0 heterocycles. The number of nitrogens with zero attached hydrogens (tertiary/aromatic N) is 2. The smallest absolute Gasteiger partial charge is 0.0665 e. The molecule has 0 saturated heterocycles. The van der Waals surface area contributed by atoms with Gasteiger partial charge in [0.2, 0.25) is 0 Å². The first kappa shape index (κ1) is 30.7. The molecule has 0 saturated carbocycles. The van der Waals surface area contributed by atoms with Gasteiger partial charge in [-0.2, -0.15) is 0 Å². The van der Waals surface area contributed by atoms with Gasteiger partial charge in [0, 0.05) is 0 Å². The lowest BCUT2D eigenvalue weighted by atomic mass is 10.0. The van der Waals surface area contributed by atoms with Crippen LogP contribution in [0.5, 0.6) is 0 Å². The molecule has 0 aliphatic heterocycles. The van der Waals surface area contributed by atoms with Crippen molar-refractivity contribution in [3.63, 3.8) is 0 Å². The Kier molecular flexibility index (Phi) is 17.1. The molecule has 0 atom stereocenters. The van der Waals surface area contributed by atoms with Crippen molar-refractivity contribution in [2.24, 2.45) is 9.98 Å².